The number of hydrogen-bond acceptors (Lipinski definition) is 3. The average molecular weight is 341 g/mol. The van der Waals surface area contributed by atoms with E-state index in [1.54, 1.807) is 6.33 Å². The smallest absolute Gasteiger partial charge is 0.274 e. The van der Waals surface area contributed by atoms with Crippen LogP contribution in [0.15, 0.2) is 30.7 Å². The first-order valence-corrected chi connectivity index (χ1v) is 8.90. The highest BCUT2D eigenvalue weighted by molar-refractivity contribution is 5.92. The van der Waals surface area contributed by atoms with Crippen LogP contribution in [0.3, 0.4) is 0 Å². The van der Waals surface area contributed by atoms with Crippen molar-refractivity contribution in [3.8, 4) is 0 Å². The molecule has 1 fully saturated rings. The summed E-state index contributed by atoms with van der Waals surface area (Å²) in [6.07, 6.45) is 3.47. The number of hydrogen-bond donors (Lipinski definition) is 0. The molecule has 0 radical (unpaired) electrons. The van der Waals surface area contributed by atoms with Crippen LogP contribution in [0.2, 0.25) is 0 Å². The van der Waals surface area contributed by atoms with E-state index in [9.17, 15) is 4.79 Å². The van der Waals surface area contributed by atoms with Gasteiger partial charge in [-0.25, -0.2) is 4.98 Å². The number of carbonyl (C=O) groups is 1. The van der Waals surface area contributed by atoms with Crippen molar-refractivity contribution in [2.24, 2.45) is 0 Å². The Morgan fingerprint density at radius 2 is 2.08 bits per heavy atom. The molecule has 5 nitrogen and oxygen atoms in total. The second-order valence-corrected chi connectivity index (χ2v) is 7.29. The lowest BCUT2D eigenvalue weighted by Crippen LogP contribution is -2.48. The predicted octanol–water partition coefficient (Wildman–Crippen LogP) is 3.68. The van der Waals surface area contributed by atoms with Crippen LogP contribution in [0.4, 0.5) is 0 Å². The molecule has 2 unspecified atom stereocenters. The van der Waals surface area contributed by atoms with Crippen molar-refractivity contribution in [1.29, 1.82) is 0 Å². The first-order chi connectivity index (χ1) is 11.9. The van der Waals surface area contributed by atoms with Crippen LogP contribution in [-0.4, -0.2) is 39.6 Å². The summed E-state index contributed by atoms with van der Waals surface area (Å²) >= 11 is 0. The van der Waals surface area contributed by atoms with E-state index in [1.807, 2.05) is 22.6 Å². The van der Waals surface area contributed by atoms with Gasteiger partial charge in [0.05, 0.1) is 25.5 Å². The molecule has 25 heavy (non-hydrogen) atoms. The third-order valence-corrected chi connectivity index (χ3v) is 4.89. The van der Waals surface area contributed by atoms with Crippen LogP contribution in [0.5, 0.6) is 0 Å². The molecule has 1 aromatic carbocycles. The fourth-order valence-corrected chi connectivity index (χ4v) is 3.21. The summed E-state index contributed by atoms with van der Waals surface area (Å²) in [5.41, 5.74) is 4.07. The van der Waals surface area contributed by atoms with Crippen molar-refractivity contribution in [3.05, 3.63) is 53.1 Å². The molecule has 0 spiro atoms. The highest BCUT2D eigenvalue weighted by Crippen LogP contribution is 2.28. The average Bonchev–Trinajstić information content (AvgIpc) is 3.07. The van der Waals surface area contributed by atoms with Crippen LogP contribution >= 0.6 is 0 Å². The largest absolute Gasteiger partial charge is 0.370 e. The van der Waals surface area contributed by atoms with E-state index in [0.717, 1.165) is 5.56 Å². The highest BCUT2D eigenvalue weighted by Gasteiger charge is 2.32. The molecule has 2 aromatic rings. The number of imidazole rings is 1. The molecule has 3 rings (SSSR count). The Bertz CT molecular complexity index is 766. The van der Waals surface area contributed by atoms with Gasteiger partial charge in [-0.2, -0.15) is 0 Å². The van der Waals surface area contributed by atoms with Crippen molar-refractivity contribution in [2.75, 3.05) is 13.2 Å². The number of morpholine rings is 1. The number of nitrogens with zero attached hydrogens (tertiary/aromatic N) is 3. The molecule has 0 saturated carbocycles. The van der Waals surface area contributed by atoms with Crippen LogP contribution in [0.25, 0.3) is 0 Å². The number of amides is 1. The molecular formula is C20H27N3O2. The molecule has 1 amide bonds. The van der Waals surface area contributed by atoms with Crippen molar-refractivity contribution >= 4 is 5.91 Å². The van der Waals surface area contributed by atoms with Crippen molar-refractivity contribution in [1.82, 2.24) is 14.5 Å². The van der Waals surface area contributed by atoms with E-state index in [0.29, 0.717) is 24.9 Å². The fourth-order valence-electron chi connectivity index (χ4n) is 3.21. The number of ether oxygens (including phenoxy) is 1. The zero-order chi connectivity index (χ0) is 18.1. The molecule has 5 heteroatoms. The lowest BCUT2D eigenvalue weighted by Gasteiger charge is -2.38. The number of benzene rings is 1. The Morgan fingerprint density at radius 3 is 2.76 bits per heavy atom. The van der Waals surface area contributed by atoms with E-state index in [4.69, 9.17) is 4.74 Å². The van der Waals surface area contributed by atoms with Gasteiger partial charge < -0.3 is 14.2 Å². The standard InChI is InChI=1S/C20H27N3O2/c1-13(2)22-9-18(21-12-22)20(24)23-10-19(25-11-16(23)5)17-8-14(3)6-7-15(17)4/h6-9,12-13,16,19H,10-11H2,1-5H3. The summed E-state index contributed by atoms with van der Waals surface area (Å²) in [6.45, 7) is 11.4. The van der Waals surface area contributed by atoms with Gasteiger partial charge in [0, 0.05) is 12.2 Å². The molecule has 0 aliphatic carbocycles. The summed E-state index contributed by atoms with van der Waals surface area (Å²) in [4.78, 5) is 19.2. The molecule has 0 N–H and O–H groups in total. The molecule has 134 valence electrons. The quantitative estimate of drug-likeness (QED) is 0.855. The third-order valence-electron chi connectivity index (χ3n) is 4.89. The predicted molar refractivity (Wildman–Crippen MR) is 97.7 cm³/mol. The zero-order valence-electron chi connectivity index (χ0n) is 15.7. The monoisotopic (exact) mass is 341 g/mol. The van der Waals surface area contributed by atoms with Gasteiger partial charge in [0.15, 0.2) is 0 Å². The van der Waals surface area contributed by atoms with Crippen LogP contribution < -0.4 is 0 Å². The lowest BCUT2D eigenvalue weighted by molar-refractivity contribution is -0.0490. The Labute approximate surface area is 149 Å². The van der Waals surface area contributed by atoms with Crippen LogP contribution in [0, 0.1) is 13.8 Å². The topological polar surface area (TPSA) is 47.4 Å². The molecule has 2 heterocycles. The Kier molecular flexibility index (Phi) is 4.95. The van der Waals surface area contributed by atoms with Crippen molar-refractivity contribution in [3.63, 3.8) is 0 Å². The summed E-state index contributed by atoms with van der Waals surface area (Å²) in [7, 11) is 0. The maximum Gasteiger partial charge on any atom is 0.274 e. The molecule has 2 atom stereocenters. The first-order valence-electron chi connectivity index (χ1n) is 8.90. The maximum atomic E-state index is 13.0. The maximum absolute atomic E-state index is 13.0. The summed E-state index contributed by atoms with van der Waals surface area (Å²) in [5, 5.41) is 0. The van der Waals surface area contributed by atoms with Gasteiger partial charge in [0.1, 0.15) is 11.8 Å². The lowest BCUT2D eigenvalue weighted by atomic mass is 9.98. The molecule has 1 saturated heterocycles. The second kappa shape index (κ2) is 7.00. The van der Waals surface area contributed by atoms with Crippen LogP contribution in [-0.2, 0) is 4.74 Å². The van der Waals surface area contributed by atoms with Gasteiger partial charge >= 0.3 is 0 Å². The third kappa shape index (κ3) is 3.61. The van der Waals surface area contributed by atoms with E-state index in [2.05, 4.69) is 50.9 Å². The number of carbonyl (C=O) groups excluding carboxylic acids is 1. The molecule has 0 bridgehead atoms. The van der Waals surface area contributed by atoms with Gasteiger partial charge in [-0.1, -0.05) is 23.8 Å². The molecule has 1 aromatic heterocycles. The SMILES string of the molecule is Cc1ccc(C)c(C2CN(C(=O)c3cn(C(C)C)cn3)C(C)CO2)c1. The minimum Gasteiger partial charge on any atom is -0.370 e. The normalized spacial score (nSPS) is 21.0. The zero-order valence-corrected chi connectivity index (χ0v) is 15.7. The second-order valence-electron chi connectivity index (χ2n) is 7.29. The van der Waals surface area contributed by atoms with Crippen molar-refractivity contribution in [2.45, 2.75) is 52.8 Å². The van der Waals surface area contributed by atoms with Gasteiger partial charge in [0.25, 0.3) is 5.91 Å². The van der Waals surface area contributed by atoms with Gasteiger partial charge in [-0.05, 0) is 45.7 Å². The van der Waals surface area contributed by atoms with Gasteiger partial charge in [-0.15, -0.1) is 0 Å². The minimum atomic E-state index is -0.0905. The number of rotatable bonds is 3. The Balaban J connectivity index is 1.82. The molecular weight excluding hydrogens is 314 g/mol. The van der Waals surface area contributed by atoms with Crippen molar-refractivity contribution < 1.29 is 9.53 Å². The minimum absolute atomic E-state index is 0.0227. The summed E-state index contributed by atoms with van der Waals surface area (Å²) < 4.78 is 8.01. The Morgan fingerprint density at radius 1 is 1.32 bits per heavy atom. The molecule has 1 aliphatic rings. The van der Waals surface area contributed by atoms with Crippen LogP contribution in [0.1, 0.15) is 60.1 Å². The summed E-state index contributed by atoms with van der Waals surface area (Å²) in [6, 6.07) is 6.71. The van der Waals surface area contributed by atoms with Gasteiger partial charge in [0.2, 0.25) is 0 Å². The van der Waals surface area contributed by atoms with E-state index < -0.39 is 0 Å². The molecule has 1 aliphatic heterocycles. The summed E-state index contributed by atoms with van der Waals surface area (Å²) in [5.74, 6) is -0.0227. The number of aryl methyl sites for hydroxylation is 2. The van der Waals surface area contributed by atoms with E-state index in [1.165, 1.54) is 11.1 Å². The van der Waals surface area contributed by atoms with E-state index in [-0.39, 0.29) is 18.1 Å². The Hall–Kier alpha value is -2.14. The fraction of sp³-hybridized carbons (Fsp3) is 0.500. The van der Waals surface area contributed by atoms with Gasteiger partial charge in [-0.3, -0.25) is 4.79 Å². The highest BCUT2D eigenvalue weighted by atomic mass is 16.5. The first kappa shape index (κ1) is 17.7. The number of aromatic nitrogens is 2. The van der Waals surface area contributed by atoms with E-state index >= 15 is 0 Å².